The number of anilines is 1. The van der Waals surface area contributed by atoms with Gasteiger partial charge in [0, 0.05) is 17.4 Å². The Kier molecular flexibility index (Phi) is 5.29. The fourth-order valence-electron chi connectivity index (χ4n) is 3.80. The Morgan fingerprint density at radius 1 is 1.03 bits per heavy atom. The van der Waals surface area contributed by atoms with Crippen molar-refractivity contribution in [2.75, 3.05) is 12.0 Å². The maximum absolute atomic E-state index is 13.1. The number of pyridine rings is 1. The SMILES string of the molecule is COc1ccc(/C(O)=C2/C(=O)C(=O)N(c3ccc(C)cc3)C2c2ccccn2)cc1C. The van der Waals surface area contributed by atoms with Crippen LogP contribution in [0.2, 0.25) is 0 Å². The minimum atomic E-state index is -0.841. The van der Waals surface area contributed by atoms with E-state index < -0.39 is 17.7 Å². The number of Topliss-reactive ketones (excluding diaryl/α,β-unsaturated/α-hetero) is 1. The first-order valence-corrected chi connectivity index (χ1v) is 9.86. The summed E-state index contributed by atoms with van der Waals surface area (Å²) in [6.45, 7) is 3.79. The third-order valence-corrected chi connectivity index (χ3v) is 5.39. The molecule has 2 aromatic carbocycles. The molecular weight excluding hydrogens is 392 g/mol. The van der Waals surface area contributed by atoms with Crippen LogP contribution in [0, 0.1) is 13.8 Å². The highest BCUT2D eigenvalue weighted by molar-refractivity contribution is 6.51. The molecule has 6 nitrogen and oxygen atoms in total. The van der Waals surface area contributed by atoms with Crippen molar-refractivity contribution in [3.63, 3.8) is 0 Å². The van der Waals surface area contributed by atoms with Crippen LogP contribution >= 0.6 is 0 Å². The predicted molar refractivity (Wildman–Crippen MR) is 118 cm³/mol. The van der Waals surface area contributed by atoms with E-state index >= 15 is 0 Å². The fraction of sp³-hybridized carbons (Fsp3) is 0.160. The molecule has 1 aliphatic rings. The summed E-state index contributed by atoms with van der Waals surface area (Å²) >= 11 is 0. The Bertz CT molecular complexity index is 1180. The van der Waals surface area contributed by atoms with Crippen LogP contribution in [0.4, 0.5) is 5.69 Å². The molecule has 1 unspecified atom stereocenters. The Morgan fingerprint density at radius 3 is 2.39 bits per heavy atom. The third-order valence-electron chi connectivity index (χ3n) is 5.39. The quantitative estimate of drug-likeness (QED) is 0.390. The van der Waals surface area contributed by atoms with E-state index in [1.807, 2.05) is 26.0 Å². The highest BCUT2D eigenvalue weighted by Gasteiger charge is 2.47. The number of aryl methyl sites for hydroxylation is 2. The molecule has 1 aliphatic heterocycles. The van der Waals surface area contributed by atoms with Gasteiger partial charge in [0.15, 0.2) is 0 Å². The minimum absolute atomic E-state index is 0.00819. The standard InChI is InChI=1S/C25H22N2O4/c1-15-7-10-18(11-8-15)27-22(19-6-4-5-13-26-19)21(24(29)25(27)30)23(28)17-9-12-20(31-3)16(2)14-17/h4-14,22,28H,1-3H3/b23-21-. The van der Waals surface area contributed by atoms with Gasteiger partial charge in [0.2, 0.25) is 0 Å². The lowest BCUT2D eigenvalue weighted by Crippen LogP contribution is -2.29. The Balaban J connectivity index is 1.92. The van der Waals surface area contributed by atoms with Gasteiger partial charge in [-0.2, -0.15) is 0 Å². The Hall–Kier alpha value is -3.93. The zero-order valence-electron chi connectivity index (χ0n) is 17.5. The lowest BCUT2D eigenvalue weighted by molar-refractivity contribution is -0.132. The van der Waals surface area contributed by atoms with E-state index in [0.717, 1.165) is 11.1 Å². The van der Waals surface area contributed by atoms with Crippen LogP contribution in [-0.2, 0) is 9.59 Å². The number of amides is 1. The van der Waals surface area contributed by atoms with E-state index in [4.69, 9.17) is 4.74 Å². The fourth-order valence-corrected chi connectivity index (χ4v) is 3.80. The Morgan fingerprint density at radius 2 is 1.77 bits per heavy atom. The molecule has 0 spiro atoms. The molecule has 1 aromatic heterocycles. The van der Waals surface area contributed by atoms with Crippen molar-refractivity contribution in [3.8, 4) is 5.75 Å². The molecule has 6 heteroatoms. The second-order valence-electron chi connectivity index (χ2n) is 7.44. The minimum Gasteiger partial charge on any atom is -0.507 e. The molecule has 4 rings (SSSR count). The number of ketones is 1. The van der Waals surface area contributed by atoms with Gasteiger partial charge in [0.25, 0.3) is 11.7 Å². The molecule has 1 N–H and O–H groups in total. The van der Waals surface area contributed by atoms with Crippen LogP contribution in [0.5, 0.6) is 5.75 Å². The van der Waals surface area contributed by atoms with Crippen molar-refractivity contribution in [1.82, 2.24) is 4.98 Å². The van der Waals surface area contributed by atoms with Crippen LogP contribution in [-0.4, -0.2) is 28.9 Å². The molecule has 0 bridgehead atoms. The summed E-state index contributed by atoms with van der Waals surface area (Å²) in [4.78, 5) is 31.9. The second-order valence-corrected chi connectivity index (χ2v) is 7.44. The molecule has 0 radical (unpaired) electrons. The maximum atomic E-state index is 13.1. The number of aliphatic hydroxyl groups is 1. The molecule has 0 aliphatic carbocycles. The van der Waals surface area contributed by atoms with E-state index in [0.29, 0.717) is 22.7 Å². The molecule has 0 saturated carbocycles. The number of rotatable bonds is 4. The number of nitrogens with zero attached hydrogens (tertiary/aromatic N) is 2. The van der Waals surface area contributed by atoms with Gasteiger partial charge < -0.3 is 9.84 Å². The van der Waals surface area contributed by atoms with Gasteiger partial charge in [-0.15, -0.1) is 0 Å². The molecular formula is C25H22N2O4. The van der Waals surface area contributed by atoms with Gasteiger partial charge in [-0.3, -0.25) is 19.5 Å². The largest absolute Gasteiger partial charge is 0.507 e. The molecule has 31 heavy (non-hydrogen) atoms. The van der Waals surface area contributed by atoms with Crippen LogP contribution in [0.15, 0.2) is 72.4 Å². The zero-order valence-corrected chi connectivity index (χ0v) is 17.5. The first-order valence-electron chi connectivity index (χ1n) is 9.86. The number of hydrogen-bond donors (Lipinski definition) is 1. The van der Waals surface area contributed by atoms with Gasteiger partial charge in [-0.05, 0) is 61.9 Å². The van der Waals surface area contributed by atoms with E-state index in [-0.39, 0.29) is 11.3 Å². The first-order chi connectivity index (χ1) is 14.9. The molecule has 3 aromatic rings. The monoisotopic (exact) mass is 414 g/mol. The molecule has 1 fully saturated rings. The number of ether oxygens (including phenoxy) is 1. The van der Waals surface area contributed by atoms with Gasteiger partial charge in [-0.1, -0.05) is 23.8 Å². The van der Waals surface area contributed by atoms with Crippen molar-refractivity contribution in [1.29, 1.82) is 0 Å². The van der Waals surface area contributed by atoms with Crippen molar-refractivity contribution < 1.29 is 19.4 Å². The van der Waals surface area contributed by atoms with Gasteiger partial charge in [0.05, 0.1) is 18.4 Å². The van der Waals surface area contributed by atoms with E-state index in [1.165, 1.54) is 4.90 Å². The zero-order chi connectivity index (χ0) is 22.1. The average molecular weight is 414 g/mol. The van der Waals surface area contributed by atoms with Gasteiger partial charge >= 0.3 is 0 Å². The molecule has 156 valence electrons. The summed E-state index contributed by atoms with van der Waals surface area (Å²) in [6.07, 6.45) is 1.60. The highest BCUT2D eigenvalue weighted by Crippen LogP contribution is 2.41. The van der Waals surface area contributed by atoms with Crippen molar-refractivity contribution in [2.45, 2.75) is 19.9 Å². The van der Waals surface area contributed by atoms with Gasteiger partial charge in [0.1, 0.15) is 17.6 Å². The summed E-state index contributed by atoms with van der Waals surface area (Å²) in [7, 11) is 1.57. The van der Waals surface area contributed by atoms with E-state index in [9.17, 15) is 14.7 Å². The second kappa shape index (κ2) is 8.07. The van der Waals surface area contributed by atoms with E-state index in [1.54, 1.807) is 61.8 Å². The first kappa shape index (κ1) is 20.3. The van der Waals surface area contributed by atoms with Crippen molar-refractivity contribution in [3.05, 3.63) is 94.8 Å². The van der Waals surface area contributed by atoms with Gasteiger partial charge in [-0.25, -0.2) is 0 Å². The van der Waals surface area contributed by atoms with Crippen LogP contribution in [0.1, 0.15) is 28.4 Å². The number of hydrogen-bond acceptors (Lipinski definition) is 5. The number of carbonyl (C=O) groups is 2. The summed E-state index contributed by atoms with van der Waals surface area (Å²) in [5.41, 5.74) is 3.33. The predicted octanol–water partition coefficient (Wildman–Crippen LogP) is 4.33. The van der Waals surface area contributed by atoms with Crippen LogP contribution in [0.25, 0.3) is 5.76 Å². The molecule has 1 amide bonds. The normalized spacial score (nSPS) is 17.8. The average Bonchev–Trinajstić information content (AvgIpc) is 3.05. The van der Waals surface area contributed by atoms with Crippen molar-refractivity contribution >= 4 is 23.1 Å². The van der Waals surface area contributed by atoms with Crippen LogP contribution in [0.3, 0.4) is 0 Å². The molecule has 1 atom stereocenters. The molecule has 2 heterocycles. The van der Waals surface area contributed by atoms with Crippen molar-refractivity contribution in [2.24, 2.45) is 0 Å². The summed E-state index contributed by atoms with van der Waals surface area (Å²) in [6, 6.07) is 16.9. The Labute approximate surface area is 180 Å². The smallest absolute Gasteiger partial charge is 0.300 e. The highest BCUT2D eigenvalue weighted by atomic mass is 16.5. The molecule has 1 saturated heterocycles. The lowest BCUT2D eigenvalue weighted by atomic mass is 9.97. The lowest BCUT2D eigenvalue weighted by Gasteiger charge is -2.24. The number of methoxy groups -OCH3 is 1. The number of benzene rings is 2. The van der Waals surface area contributed by atoms with Crippen LogP contribution < -0.4 is 9.64 Å². The number of aromatic nitrogens is 1. The van der Waals surface area contributed by atoms with E-state index in [2.05, 4.69) is 4.98 Å². The summed E-state index contributed by atoms with van der Waals surface area (Å²) < 4.78 is 5.28. The summed E-state index contributed by atoms with van der Waals surface area (Å²) in [5.74, 6) is -1.03. The number of aliphatic hydroxyl groups excluding tert-OH is 1. The third kappa shape index (κ3) is 3.57. The topological polar surface area (TPSA) is 79.7 Å². The number of carbonyl (C=O) groups excluding carboxylic acids is 2. The maximum Gasteiger partial charge on any atom is 0.300 e. The summed E-state index contributed by atoms with van der Waals surface area (Å²) in [5, 5.41) is 11.1.